The fourth-order valence-electron chi connectivity index (χ4n) is 2.63. The van der Waals surface area contributed by atoms with Gasteiger partial charge in [-0.15, -0.1) is 0 Å². The second kappa shape index (κ2) is 6.40. The fourth-order valence-corrected chi connectivity index (χ4v) is 4.55. The summed E-state index contributed by atoms with van der Waals surface area (Å²) < 4.78 is 2.37. The van der Waals surface area contributed by atoms with E-state index in [-0.39, 0.29) is 0 Å². The molecule has 0 bridgehead atoms. The Morgan fingerprint density at radius 2 is 2.00 bits per heavy atom. The molecule has 1 aromatic rings. The van der Waals surface area contributed by atoms with Gasteiger partial charge in [-0.25, -0.2) is 0 Å². The molecule has 1 heterocycles. The lowest BCUT2D eigenvalue weighted by atomic mass is 10.0. The number of rotatable bonds is 3. The number of benzene rings is 1. The van der Waals surface area contributed by atoms with Gasteiger partial charge in [0.15, 0.2) is 0 Å². The van der Waals surface area contributed by atoms with Crippen molar-refractivity contribution in [2.24, 2.45) is 0 Å². The Morgan fingerprint density at radius 3 is 2.61 bits per heavy atom. The van der Waals surface area contributed by atoms with Gasteiger partial charge < -0.3 is 10.2 Å². The van der Waals surface area contributed by atoms with Gasteiger partial charge in [0.25, 0.3) is 0 Å². The van der Waals surface area contributed by atoms with Gasteiger partial charge in [-0.2, -0.15) is 0 Å². The predicted octanol–water partition coefficient (Wildman–Crippen LogP) is 4.10. The largest absolute Gasteiger partial charge is 0.368 e. The number of aryl methyl sites for hydroxylation is 1. The van der Waals surface area contributed by atoms with Crippen LogP contribution in [0.5, 0.6) is 0 Å². The quantitative estimate of drug-likeness (QED) is 0.855. The minimum Gasteiger partial charge on any atom is -0.368 e. The maximum Gasteiger partial charge on any atom is 0.0655 e. The van der Waals surface area contributed by atoms with Crippen molar-refractivity contribution in [3.63, 3.8) is 0 Å². The molecule has 2 nitrogen and oxygen atoms in total. The van der Waals surface area contributed by atoms with Crippen molar-refractivity contribution in [3.05, 3.63) is 26.6 Å². The van der Waals surface area contributed by atoms with Crippen LogP contribution in [0.1, 0.15) is 25.3 Å². The number of hydrogen-bond acceptors (Lipinski definition) is 2. The van der Waals surface area contributed by atoms with E-state index in [4.69, 9.17) is 0 Å². The normalized spacial score (nSPS) is 20.2. The first-order valence-corrected chi connectivity index (χ1v) is 8.14. The van der Waals surface area contributed by atoms with Gasteiger partial charge in [-0.3, -0.25) is 0 Å². The highest BCUT2D eigenvalue weighted by Gasteiger charge is 2.22. The third-order valence-corrected chi connectivity index (χ3v) is 4.60. The van der Waals surface area contributed by atoms with Crippen molar-refractivity contribution >= 4 is 37.5 Å². The SMILES string of the molecule is CCNC1CCCN(c2c(Br)cc(C)cc2Br)C1. The van der Waals surface area contributed by atoms with E-state index >= 15 is 0 Å². The standard InChI is InChI=1S/C14H20Br2N2/c1-3-17-11-5-4-6-18(9-11)14-12(15)7-10(2)8-13(14)16/h7-8,11,17H,3-6,9H2,1-2H3. The summed E-state index contributed by atoms with van der Waals surface area (Å²) >= 11 is 7.40. The van der Waals surface area contributed by atoms with E-state index in [9.17, 15) is 0 Å². The highest BCUT2D eigenvalue weighted by atomic mass is 79.9. The van der Waals surface area contributed by atoms with E-state index in [1.165, 1.54) is 33.0 Å². The molecule has 1 saturated heterocycles. The van der Waals surface area contributed by atoms with Gasteiger partial charge in [-0.1, -0.05) is 6.92 Å². The fraction of sp³-hybridized carbons (Fsp3) is 0.571. The minimum atomic E-state index is 0.615. The third kappa shape index (κ3) is 3.28. The smallest absolute Gasteiger partial charge is 0.0655 e. The van der Waals surface area contributed by atoms with Crippen molar-refractivity contribution in [2.75, 3.05) is 24.5 Å². The molecule has 4 heteroatoms. The first-order valence-electron chi connectivity index (χ1n) is 6.55. The van der Waals surface area contributed by atoms with Crippen LogP contribution in [0.25, 0.3) is 0 Å². The molecule has 1 aliphatic heterocycles. The van der Waals surface area contributed by atoms with E-state index in [1.54, 1.807) is 0 Å². The van der Waals surface area contributed by atoms with Gasteiger partial charge in [0.05, 0.1) is 5.69 Å². The molecule has 0 radical (unpaired) electrons. The lowest BCUT2D eigenvalue weighted by Crippen LogP contribution is -2.45. The molecule has 2 rings (SSSR count). The number of nitrogens with zero attached hydrogens (tertiary/aromatic N) is 1. The topological polar surface area (TPSA) is 15.3 Å². The summed E-state index contributed by atoms with van der Waals surface area (Å²) in [6.45, 7) is 7.58. The number of likely N-dealkylation sites (N-methyl/N-ethyl adjacent to an activating group) is 1. The summed E-state index contributed by atoms with van der Waals surface area (Å²) in [7, 11) is 0. The third-order valence-electron chi connectivity index (χ3n) is 3.39. The molecule has 18 heavy (non-hydrogen) atoms. The van der Waals surface area contributed by atoms with E-state index in [1.807, 2.05) is 0 Å². The second-order valence-corrected chi connectivity index (χ2v) is 6.63. The Balaban J connectivity index is 2.20. The lowest BCUT2D eigenvalue weighted by Gasteiger charge is -2.36. The van der Waals surface area contributed by atoms with Crippen LogP contribution in [0.3, 0.4) is 0 Å². The first kappa shape index (κ1) is 14.4. The van der Waals surface area contributed by atoms with Crippen LogP contribution in [0, 0.1) is 6.92 Å². The Kier molecular flexibility index (Phi) is 5.10. The molecule has 1 unspecified atom stereocenters. The number of halogens is 2. The molecule has 1 fully saturated rings. The van der Waals surface area contributed by atoms with Crippen LogP contribution < -0.4 is 10.2 Å². The monoisotopic (exact) mass is 374 g/mol. The summed E-state index contributed by atoms with van der Waals surface area (Å²) in [5, 5.41) is 3.56. The van der Waals surface area contributed by atoms with Crippen molar-refractivity contribution in [1.29, 1.82) is 0 Å². The van der Waals surface area contributed by atoms with E-state index in [0.717, 1.165) is 19.6 Å². The summed E-state index contributed by atoms with van der Waals surface area (Å²) in [4.78, 5) is 2.48. The Morgan fingerprint density at radius 1 is 1.33 bits per heavy atom. The Hall–Kier alpha value is -0.0600. The zero-order chi connectivity index (χ0) is 13.1. The predicted molar refractivity (Wildman–Crippen MR) is 85.5 cm³/mol. The average Bonchev–Trinajstić information content (AvgIpc) is 2.28. The van der Waals surface area contributed by atoms with Gasteiger partial charge in [0.2, 0.25) is 0 Å². The Labute approximate surface area is 126 Å². The Bertz CT molecular complexity index is 395. The second-order valence-electron chi connectivity index (χ2n) is 4.92. The molecule has 1 atom stereocenters. The van der Waals surface area contributed by atoms with Crippen LogP contribution >= 0.6 is 31.9 Å². The van der Waals surface area contributed by atoms with E-state index in [0.29, 0.717) is 6.04 Å². The van der Waals surface area contributed by atoms with Gasteiger partial charge in [0, 0.05) is 28.1 Å². The molecule has 0 aliphatic carbocycles. The lowest BCUT2D eigenvalue weighted by molar-refractivity contribution is 0.431. The zero-order valence-electron chi connectivity index (χ0n) is 11.0. The van der Waals surface area contributed by atoms with Gasteiger partial charge in [0.1, 0.15) is 0 Å². The molecule has 0 saturated carbocycles. The first-order chi connectivity index (χ1) is 8.61. The minimum absolute atomic E-state index is 0.615. The molecule has 1 aromatic carbocycles. The molecule has 100 valence electrons. The molecule has 1 aliphatic rings. The van der Waals surface area contributed by atoms with E-state index in [2.05, 4.69) is 68.1 Å². The molecule has 0 aromatic heterocycles. The summed E-state index contributed by atoms with van der Waals surface area (Å²) in [5.41, 5.74) is 2.57. The van der Waals surface area contributed by atoms with Crippen LogP contribution in [0.4, 0.5) is 5.69 Å². The summed E-state index contributed by atoms with van der Waals surface area (Å²) in [5.74, 6) is 0. The molecule has 1 N–H and O–H groups in total. The number of hydrogen-bond donors (Lipinski definition) is 1. The van der Waals surface area contributed by atoms with Crippen molar-refractivity contribution in [3.8, 4) is 0 Å². The van der Waals surface area contributed by atoms with Crippen LogP contribution in [-0.4, -0.2) is 25.7 Å². The highest BCUT2D eigenvalue weighted by molar-refractivity contribution is 9.11. The number of piperidine rings is 1. The van der Waals surface area contributed by atoms with Gasteiger partial charge in [-0.05, 0) is 75.9 Å². The van der Waals surface area contributed by atoms with Crippen molar-refractivity contribution < 1.29 is 0 Å². The van der Waals surface area contributed by atoms with Gasteiger partial charge >= 0.3 is 0 Å². The van der Waals surface area contributed by atoms with Crippen LogP contribution in [0.15, 0.2) is 21.1 Å². The average molecular weight is 376 g/mol. The van der Waals surface area contributed by atoms with Crippen molar-refractivity contribution in [2.45, 2.75) is 32.7 Å². The molecular formula is C14H20Br2N2. The summed E-state index contributed by atoms with van der Waals surface area (Å²) in [6, 6.07) is 5.00. The number of anilines is 1. The molecular weight excluding hydrogens is 356 g/mol. The molecule has 0 amide bonds. The van der Waals surface area contributed by atoms with E-state index < -0.39 is 0 Å². The maximum absolute atomic E-state index is 3.70. The number of nitrogens with one attached hydrogen (secondary N) is 1. The maximum atomic E-state index is 3.70. The van der Waals surface area contributed by atoms with Crippen molar-refractivity contribution in [1.82, 2.24) is 5.32 Å². The van der Waals surface area contributed by atoms with Crippen LogP contribution in [0.2, 0.25) is 0 Å². The molecule has 0 spiro atoms. The zero-order valence-corrected chi connectivity index (χ0v) is 14.1. The summed E-state index contributed by atoms with van der Waals surface area (Å²) in [6.07, 6.45) is 2.54. The van der Waals surface area contributed by atoms with Crippen LogP contribution in [-0.2, 0) is 0 Å². The highest BCUT2D eigenvalue weighted by Crippen LogP contribution is 2.36.